The van der Waals surface area contributed by atoms with Crippen LogP contribution >= 0.6 is 0 Å². The van der Waals surface area contributed by atoms with Gasteiger partial charge < -0.3 is 19.9 Å². The molecule has 2 aromatic rings. The molecule has 0 unspecified atom stereocenters. The average Bonchev–Trinajstić information content (AvgIpc) is 2.59. The number of H-pyrrole nitrogens is 1. The summed E-state index contributed by atoms with van der Waals surface area (Å²) in [6.45, 7) is 4.15. The van der Waals surface area contributed by atoms with Crippen molar-refractivity contribution < 1.29 is 29.2 Å². The highest BCUT2D eigenvalue weighted by Crippen LogP contribution is 2.26. The van der Waals surface area contributed by atoms with E-state index in [1.54, 1.807) is 38.2 Å². The minimum Gasteiger partial charge on any atom is -0.462 e. The van der Waals surface area contributed by atoms with Crippen molar-refractivity contribution in [3.63, 3.8) is 0 Å². The zero-order valence-corrected chi connectivity index (χ0v) is 13.7. The van der Waals surface area contributed by atoms with Crippen LogP contribution in [0.2, 0.25) is 0 Å². The number of nitrogens with one attached hydrogen (secondary N) is 2. The molecule has 24 heavy (non-hydrogen) atoms. The monoisotopic (exact) mass is 333 g/mol. The summed E-state index contributed by atoms with van der Waals surface area (Å²) in [7, 11) is 0. The molecule has 0 radical (unpaired) electrons. The molecule has 1 aromatic carbocycles. The summed E-state index contributed by atoms with van der Waals surface area (Å²) < 4.78 is 10.1. The summed E-state index contributed by atoms with van der Waals surface area (Å²) in [6, 6.07) is 5.03. The number of fused-ring (bicyclic) bond motifs is 1. The van der Waals surface area contributed by atoms with Crippen LogP contribution < -0.4 is 10.3 Å². The smallest absolute Gasteiger partial charge is 0.346 e. The fourth-order valence-corrected chi connectivity index (χ4v) is 2.33. The number of esters is 2. The maximum atomic E-state index is 12.2. The first kappa shape index (κ1) is 17.7. The number of carbonyl (C=O) groups excluding carboxylic acids is 2. The minimum absolute atomic E-state index is 0.0973. The quantitative estimate of drug-likeness (QED) is 0.743. The Morgan fingerprint density at radius 3 is 2.54 bits per heavy atom. The van der Waals surface area contributed by atoms with Crippen molar-refractivity contribution in [3.8, 4) is 0 Å². The van der Waals surface area contributed by atoms with Crippen molar-refractivity contribution in [2.24, 2.45) is 0 Å². The summed E-state index contributed by atoms with van der Waals surface area (Å²) in [4.78, 5) is 27.1. The summed E-state index contributed by atoms with van der Waals surface area (Å²) in [6.07, 6.45) is 1.55. The van der Waals surface area contributed by atoms with E-state index < -0.39 is 11.9 Å². The SMILES string of the molecule is CCOC(=O)c1ccc2[nH+]cc(C(=O)OCC)c(NCCO)c2c1. The third-order valence-corrected chi connectivity index (χ3v) is 3.35. The van der Waals surface area contributed by atoms with Crippen molar-refractivity contribution in [1.29, 1.82) is 0 Å². The molecular formula is C17H21N2O5+. The number of benzene rings is 1. The Morgan fingerprint density at radius 1 is 1.17 bits per heavy atom. The third kappa shape index (κ3) is 3.80. The minimum atomic E-state index is -0.488. The topological polar surface area (TPSA) is 99.0 Å². The molecule has 3 N–H and O–H groups in total. The number of hydrogen-bond acceptors (Lipinski definition) is 6. The molecule has 0 aliphatic carbocycles. The zero-order valence-electron chi connectivity index (χ0n) is 13.7. The average molecular weight is 333 g/mol. The molecule has 0 aliphatic rings. The van der Waals surface area contributed by atoms with Gasteiger partial charge in [-0.1, -0.05) is 0 Å². The summed E-state index contributed by atoms with van der Waals surface area (Å²) in [5, 5.41) is 12.7. The predicted molar refractivity (Wildman–Crippen MR) is 88.0 cm³/mol. The summed E-state index contributed by atoms with van der Waals surface area (Å²) in [5.41, 5.74) is 1.92. The molecule has 0 aliphatic heterocycles. The lowest BCUT2D eigenvalue weighted by molar-refractivity contribution is -0.344. The van der Waals surface area contributed by atoms with Gasteiger partial charge in [0.05, 0.1) is 36.5 Å². The molecule has 0 bridgehead atoms. The standard InChI is InChI=1S/C17H20N2O5/c1-3-23-16(21)11-5-6-14-12(9-11)15(18-7-8-20)13(10-19-14)17(22)24-4-2/h5-6,9-10,20H,3-4,7-8H2,1-2H3,(H,18,19)/p+1. The maximum Gasteiger partial charge on any atom is 0.346 e. The molecule has 1 heterocycles. The number of carbonyl (C=O) groups is 2. The molecular weight excluding hydrogens is 312 g/mol. The number of aromatic nitrogens is 1. The molecule has 7 heteroatoms. The van der Waals surface area contributed by atoms with Gasteiger partial charge in [-0.05, 0) is 26.0 Å². The van der Waals surface area contributed by atoms with E-state index in [9.17, 15) is 9.59 Å². The van der Waals surface area contributed by atoms with Crippen LogP contribution in [-0.2, 0) is 9.47 Å². The van der Waals surface area contributed by atoms with E-state index in [1.807, 2.05) is 0 Å². The Bertz CT molecular complexity index is 740. The van der Waals surface area contributed by atoms with Crippen LogP contribution in [0.1, 0.15) is 34.6 Å². The van der Waals surface area contributed by atoms with Gasteiger partial charge in [-0.25, -0.2) is 14.6 Å². The van der Waals surface area contributed by atoms with E-state index in [1.165, 1.54) is 0 Å². The molecule has 1 aromatic heterocycles. The van der Waals surface area contributed by atoms with Gasteiger partial charge in [0, 0.05) is 12.6 Å². The van der Waals surface area contributed by atoms with E-state index in [-0.39, 0.29) is 26.4 Å². The maximum absolute atomic E-state index is 12.2. The second-order valence-electron chi connectivity index (χ2n) is 4.93. The Balaban J connectivity index is 2.58. The second-order valence-corrected chi connectivity index (χ2v) is 4.93. The first-order chi connectivity index (χ1) is 11.6. The molecule has 0 saturated heterocycles. The van der Waals surface area contributed by atoms with E-state index in [0.29, 0.717) is 22.2 Å². The highest BCUT2D eigenvalue weighted by Gasteiger charge is 2.21. The Hall–Kier alpha value is -2.67. The number of anilines is 1. The van der Waals surface area contributed by atoms with Crippen molar-refractivity contribution in [1.82, 2.24) is 0 Å². The lowest BCUT2D eigenvalue weighted by Gasteiger charge is -2.11. The van der Waals surface area contributed by atoms with Crippen LogP contribution in [-0.4, -0.2) is 43.4 Å². The van der Waals surface area contributed by atoms with Crippen molar-refractivity contribution in [2.45, 2.75) is 13.8 Å². The predicted octanol–water partition coefficient (Wildman–Crippen LogP) is 1.41. The third-order valence-electron chi connectivity index (χ3n) is 3.35. The first-order valence-electron chi connectivity index (χ1n) is 7.79. The van der Waals surface area contributed by atoms with Crippen LogP contribution in [0, 0.1) is 0 Å². The number of aliphatic hydroxyl groups excluding tert-OH is 1. The van der Waals surface area contributed by atoms with Gasteiger partial charge in [0.25, 0.3) is 0 Å². The van der Waals surface area contributed by atoms with Gasteiger partial charge in [-0.3, -0.25) is 0 Å². The number of pyridine rings is 1. The van der Waals surface area contributed by atoms with Crippen LogP contribution in [0.5, 0.6) is 0 Å². The van der Waals surface area contributed by atoms with Crippen LogP contribution in [0.3, 0.4) is 0 Å². The number of aromatic amines is 1. The molecule has 0 spiro atoms. The molecule has 0 fully saturated rings. The lowest BCUT2D eigenvalue weighted by atomic mass is 10.1. The summed E-state index contributed by atoms with van der Waals surface area (Å²) >= 11 is 0. The Labute approximate surface area is 139 Å². The fourth-order valence-electron chi connectivity index (χ4n) is 2.33. The number of hydrogen-bond donors (Lipinski definition) is 2. The molecule has 2 rings (SSSR count). The number of rotatable bonds is 7. The van der Waals surface area contributed by atoms with Crippen LogP contribution in [0.15, 0.2) is 24.4 Å². The Morgan fingerprint density at radius 2 is 1.88 bits per heavy atom. The normalized spacial score (nSPS) is 10.5. The second kappa shape index (κ2) is 8.26. The largest absolute Gasteiger partial charge is 0.462 e. The molecule has 0 saturated carbocycles. The van der Waals surface area contributed by atoms with Gasteiger partial charge in [0.15, 0.2) is 6.20 Å². The first-order valence-corrected chi connectivity index (χ1v) is 7.79. The van der Waals surface area contributed by atoms with Crippen molar-refractivity contribution in [3.05, 3.63) is 35.5 Å². The van der Waals surface area contributed by atoms with E-state index in [2.05, 4.69) is 10.3 Å². The van der Waals surface area contributed by atoms with Gasteiger partial charge >= 0.3 is 11.9 Å². The number of ether oxygens (including phenoxy) is 2. The summed E-state index contributed by atoms with van der Waals surface area (Å²) in [5.74, 6) is -0.924. The van der Waals surface area contributed by atoms with Crippen LogP contribution in [0.4, 0.5) is 5.69 Å². The molecule has 7 nitrogen and oxygen atoms in total. The van der Waals surface area contributed by atoms with E-state index in [4.69, 9.17) is 14.6 Å². The highest BCUT2D eigenvalue weighted by atomic mass is 16.5. The van der Waals surface area contributed by atoms with Gasteiger partial charge in [-0.2, -0.15) is 0 Å². The van der Waals surface area contributed by atoms with E-state index in [0.717, 1.165) is 5.52 Å². The zero-order chi connectivity index (χ0) is 17.5. The van der Waals surface area contributed by atoms with Crippen molar-refractivity contribution in [2.75, 3.05) is 31.7 Å². The Kier molecular flexibility index (Phi) is 6.08. The van der Waals surface area contributed by atoms with E-state index >= 15 is 0 Å². The van der Waals surface area contributed by atoms with Gasteiger partial charge in [0.1, 0.15) is 5.56 Å². The fraction of sp³-hybridized carbons (Fsp3) is 0.353. The van der Waals surface area contributed by atoms with Gasteiger partial charge in [0.2, 0.25) is 5.52 Å². The molecule has 128 valence electrons. The lowest BCUT2D eigenvalue weighted by Crippen LogP contribution is -2.18. The molecule has 0 atom stereocenters. The number of aliphatic hydroxyl groups is 1. The van der Waals surface area contributed by atoms with Crippen LogP contribution in [0.25, 0.3) is 10.9 Å². The van der Waals surface area contributed by atoms with Crippen molar-refractivity contribution >= 4 is 28.5 Å². The highest BCUT2D eigenvalue weighted by molar-refractivity contribution is 6.05. The molecule has 0 amide bonds. The van der Waals surface area contributed by atoms with Gasteiger partial charge in [-0.15, -0.1) is 0 Å².